The second-order valence-corrected chi connectivity index (χ2v) is 4.97. The fraction of sp³-hybridized carbons (Fsp3) is 0.400. The largest absolute Gasteiger partial charge is 0.326 e. The SMILES string of the molecule is CCN(C(=O)c1cccc(C)c1C)[C@H]1CC(=O)NC1=O. The monoisotopic (exact) mass is 274 g/mol. The first-order valence-electron chi connectivity index (χ1n) is 6.66. The van der Waals surface area contributed by atoms with Gasteiger partial charge >= 0.3 is 0 Å². The molecule has 1 N–H and O–H groups in total. The number of imide groups is 1. The summed E-state index contributed by atoms with van der Waals surface area (Å²) in [6, 6.07) is 4.82. The molecule has 1 heterocycles. The molecule has 0 bridgehead atoms. The Kier molecular flexibility index (Phi) is 3.88. The molecule has 0 aliphatic carbocycles. The normalized spacial score (nSPS) is 18.1. The Morgan fingerprint density at radius 2 is 2.05 bits per heavy atom. The van der Waals surface area contributed by atoms with E-state index in [1.54, 1.807) is 13.0 Å². The predicted molar refractivity (Wildman–Crippen MR) is 74.2 cm³/mol. The van der Waals surface area contributed by atoms with Gasteiger partial charge in [-0.3, -0.25) is 19.7 Å². The molecule has 0 saturated carbocycles. The van der Waals surface area contributed by atoms with Gasteiger partial charge in [0.05, 0.1) is 6.42 Å². The molecule has 106 valence electrons. The van der Waals surface area contributed by atoms with Crippen LogP contribution in [0.3, 0.4) is 0 Å². The fourth-order valence-electron chi connectivity index (χ4n) is 2.43. The van der Waals surface area contributed by atoms with E-state index in [9.17, 15) is 14.4 Å². The lowest BCUT2D eigenvalue weighted by Crippen LogP contribution is -2.44. The number of likely N-dealkylation sites (N-methyl/N-ethyl adjacent to an activating group) is 1. The highest BCUT2D eigenvalue weighted by molar-refractivity contribution is 6.08. The first-order chi connectivity index (χ1) is 9.45. The van der Waals surface area contributed by atoms with Crippen LogP contribution in [0.2, 0.25) is 0 Å². The minimum atomic E-state index is -0.695. The first-order valence-corrected chi connectivity index (χ1v) is 6.66. The van der Waals surface area contributed by atoms with E-state index in [1.165, 1.54) is 4.90 Å². The molecular weight excluding hydrogens is 256 g/mol. The molecule has 5 heteroatoms. The van der Waals surface area contributed by atoms with E-state index in [4.69, 9.17) is 0 Å². The van der Waals surface area contributed by atoms with Gasteiger partial charge in [0.25, 0.3) is 5.91 Å². The van der Waals surface area contributed by atoms with Gasteiger partial charge in [0.15, 0.2) is 0 Å². The number of carbonyl (C=O) groups excluding carboxylic acids is 3. The van der Waals surface area contributed by atoms with Crippen molar-refractivity contribution in [3.05, 3.63) is 34.9 Å². The van der Waals surface area contributed by atoms with Gasteiger partial charge in [0.1, 0.15) is 6.04 Å². The second kappa shape index (κ2) is 5.45. The number of amides is 3. The molecule has 0 radical (unpaired) electrons. The zero-order valence-corrected chi connectivity index (χ0v) is 11.9. The van der Waals surface area contributed by atoms with Gasteiger partial charge in [-0.05, 0) is 38.0 Å². The summed E-state index contributed by atoms with van der Waals surface area (Å²) in [7, 11) is 0. The van der Waals surface area contributed by atoms with Crippen molar-refractivity contribution < 1.29 is 14.4 Å². The van der Waals surface area contributed by atoms with Crippen LogP contribution in [0, 0.1) is 13.8 Å². The lowest BCUT2D eigenvalue weighted by atomic mass is 10.0. The van der Waals surface area contributed by atoms with Gasteiger partial charge in [0.2, 0.25) is 11.8 Å². The summed E-state index contributed by atoms with van der Waals surface area (Å²) >= 11 is 0. The smallest absolute Gasteiger partial charge is 0.254 e. The van der Waals surface area contributed by atoms with Crippen molar-refractivity contribution in [2.75, 3.05) is 6.54 Å². The quantitative estimate of drug-likeness (QED) is 0.842. The van der Waals surface area contributed by atoms with Crippen molar-refractivity contribution in [1.29, 1.82) is 0 Å². The maximum Gasteiger partial charge on any atom is 0.254 e. The molecule has 2 rings (SSSR count). The third kappa shape index (κ3) is 2.43. The maximum absolute atomic E-state index is 12.6. The van der Waals surface area contributed by atoms with Crippen LogP contribution >= 0.6 is 0 Å². The Hall–Kier alpha value is -2.17. The molecule has 1 saturated heterocycles. The van der Waals surface area contributed by atoms with E-state index in [0.29, 0.717) is 12.1 Å². The van der Waals surface area contributed by atoms with E-state index in [1.807, 2.05) is 26.0 Å². The van der Waals surface area contributed by atoms with Crippen molar-refractivity contribution in [3.8, 4) is 0 Å². The van der Waals surface area contributed by atoms with Gasteiger partial charge in [-0.2, -0.15) is 0 Å². The molecule has 1 atom stereocenters. The van der Waals surface area contributed by atoms with Crippen molar-refractivity contribution in [2.45, 2.75) is 33.2 Å². The predicted octanol–water partition coefficient (Wildman–Crippen LogP) is 1.18. The van der Waals surface area contributed by atoms with Crippen LogP contribution in [0.25, 0.3) is 0 Å². The molecular formula is C15H18N2O3. The second-order valence-electron chi connectivity index (χ2n) is 4.97. The van der Waals surface area contributed by atoms with Crippen molar-refractivity contribution in [1.82, 2.24) is 10.2 Å². The van der Waals surface area contributed by atoms with E-state index >= 15 is 0 Å². The summed E-state index contributed by atoms with van der Waals surface area (Å²) < 4.78 is 0. The van der Waals surface area contributed by atoms with Crippen LogP contribution < -0.4 is 5.32 Å². The molecule has 0 spiro atoms. The Labute approximate surface area is 118 Å². The number of rotatable bonds is 3. The van der Waals surface area contributed by atoms with Crippen molar-refractivity contribution >= 4 is 17.7 Å². The first kappa shape index (κ1) is 14.2. The highest BCUT2D eigenvalue weighted by atomic mass is 16.2. The van der Waals surface area contributed by atoms with Gasteiger partial charge in [-0.25, -0.2) is 0 Å². The summed E-state index contributed by atoms with van der Waals surface area (Å²) in [6.45, 7) is 6.02. The van der Waals surface area contributed by atoms with Gasteiger partial charge < -0.3 is 4.90 Å². The molecule has 5 nitrogen and oxygen atoms in total. The van der Waals surface area contributed by atoms with Crippen LogP contribution in [0.5, 0.6) is 0 Å². The Balaban J connectivity index is 2.32. The Morgan fingerprint density at radius 3 is 2.60 bits per heavy atom. The molecule has 3 amide bonds. The summed E-state index contributed by atoms with van der Waals surface area (Å²) in [5.74, 6) is -0.925. The Bertz CT molecular complexity index is 580. The lowest BCUT2D eigenvalue weighted by molar-refractivity contribution is -0.126. The highest BCUT2D eigenvalue weighted by Gasteiger charge is 2.37. The third-order valence-electron chi connectivity index (χ3n) is 3.76. The molecule has 1 aromatic rings. The molecule has 1 aliphatic rings. The lowest BCUT2D eigenvalue weighted by Gasteiger charge is -2.26. The Morgan fingerprint density at radius 1 is 1.35 bits per heavy atom. The van der Waals surface area contributed by atoms with Crippen molar-refractivity contribution in [3.63, 3.8) is 0 Å². The van der Waals surface area contributed by atoms with E-state index < -0.39 is 11.9 Å². The highest BCUT2D eigenvalue weighted by Crippen LogP contribution is 2.19. The van der Waals surface area contributed by atoms with Crippen LogP contribution in [0.1, 0.15) is 34.8 Å². The number of hydrogen-bond donors (Lipinski definition) is 1. The van der Waals surface area contributed by atoms with Crippen LogP contribution in [-0.4, -0.2) is 35.2 Å². The average molecular weight is 274 g/mol. The van der Waals surface area contributed by atoms with Crippen LogP contribution in [0.15, 0.2) is 18.2 Å². The van der Waals surface area contributed by atoms with Gasteiger partial charge in [-0.15, -0.1) is 0 Å². The van der Waals surface area contributed by atoms with E-state index in [2.05, 4.69) is 5.32 Å². The topological polar surface area (TPSA) is 66.5 Å². The standard InChI is InChI=1S/C15H18N2O3/c1-4-17(12-8-13(18)16-14(12)19)15(20)11-7-5-6-9(2)10(11)3/h5-7,12H,4,8H2,1-3H3,(H,16,18,19)/t12-/m0/s1. The maximum atomic E-state index is 12.6. The summed E-state index contributed by atoms with van der Waals surface area (Å²) in [4.78, 5) is 37.1. The van der Waals surface area contributed by atoms with Crippen LogP contribution in [-0.2, 0) is 9.59 Å². The molecule has 1 aliphatic heterocycles. The summed E-state index contributed by atoms with van der Waals surface area (Å²) in [5.41, 5.74) is 2.51. The molecule has 0 unspecified atom stereocenters. The molecule has 1 aromatic carbocycles. The molecule has 20 heavy (non-hydrogen) atoms. The van der Waals surface area contributed by atoms with E-state index in [-0.39, 0.29) is 18.2 Å². The number of carbonyl (C=O) groups is 3. The van der Waals surface area contributed by atoms with E-state index in [0.717, 1.165) is 11.1 Å². The minimum Gasteiger partial charge on any atom is -0.326 e. The number of nitrogens with one attached hydrogen (secondary N) is 1. The number of benzene rings is 1. The third-order valence-corrected chi connectivity index (χ3v) is 3.76. The minimum absolute atomic E-state index is 0.0449. The molecule has 1 fully saturated rings. The zero-order chi connectivity index (χ0) is 14.9. The molecule has 0 aromatic heterocycles. The number of hydrogen-bond acceptors (Lipinski definition) is 3. The van der Waals surface area contributed by atoms with Gasteiger partial charge in [-0.1, -0.05) is 12.1 Å². The van der Waals surface area contributed by atoms with Gasteiger partial charge in [0, 0.05) is 12.1 Å². The summed E-state index contributed by atoms with van der Waals surface area (Å²) in [6.07, 6.45) is 0.0449. The average Bonchev–Trinajstić information content (AvgIpc) is 2.73. The number of nitrogens with zero attached hydrogens (tertiary/aromatic N) is 1. The summed E-state index contributed by atoms with van der Waals surface area (Å²) in [5, 5.41) is 2.24. The van der Waals surface area contributed by atoms with Crippen molar-refractivity contribution in [2.24, 2.45) is 0 Å². The zero-order valence-electron chi connectivity index (χ0n) is 11.9. The number of aryl methyl sites for hydroxylation is 1. The van der Waals surface area contributed by atoms with Crippen LogP contribution in [0.4, 0.5) is 0 Å². The fourth-order valence-corrected chi connectivity index (χ4v) is 2.43.